The van der Waals surface area contributed by atoms with Crippen molar-refractivity contribution in [3.8, 4) is 0 Å². The van der Waals surface area contributed by atoms with E-state index in [1.165, 1.54) is 6.08 Å². The molecule has 0 unspecified atom stereocenters. The number of rotatable bonds is 3. The third-order valence-electron chi connectivity index (χ3n) is 5.09. The van der Waals surface area contributed by atoms with E-state index in [4.69, 9.17) is 0 Å². The predicted octanol–water partition coefficient (Wildman–Crippen LogP) is 2.67. The topological polar surface area (TPSA) is 45.6 Å². The van der Waals surface area contributed by atoms with Gasteiger partial charge in [-0.25, -0.2) is 0 Å². The molecule has 2 heterocycles. The first-order valence-electron chi connectivity index (χ1n) is 8.70. The van der Waals surface area contributed by atoms with Gasteiger partial charge >= 0.3 is 0 Å². The Morgan fingerprint density at radius 2 is 2.00 bits per heavy atom. The molecule has 3 rings (SSSR count). The highest BCUT2D eigenvalue weighted by Gasteiger charge is 2.34. The van der Waals surface area contributed by atoms with Crippen LogP contribution in [0.1, 0.15) is 24.2 Å². The molecule has 1 aliphatic heterocycles. The molecule has 2 aromatic rings. The van der Waals surface area contributed by atoms with Crippen LogP contribution >= 0.6 is 0 Å². The van der Waals surface area contributed by atoms with E-state index >= 15 is 0 Å². The molecule has 1 atom stereocenters. The minimum Gasteiger partial charge on any atom is -0.351 e. The third-order valence-corrected chi connectivity index (χ3v) is 5.09. The zero-order valence-electron chi connectivity index (χ0n) is 15.1. The molecule has 1 aliphatic rings. The summed E-state index contributed by atoms with van der Waals surface area (Å²) in [7, 11) is 1.98. The van der Waals surface area contributed by atoms with Gasteiger partial charge in [0.15, 0.2) is 0 Å². The number of nitrogens with zero attached hydrogens (tertiary/aromatic N) is 3. The van der Waals surface area contributed by atoms with Gasteiger partial charge in [0, 0.05) is 49.3 Å². The van der Waals surface area contributed by atoms with Crippen LogP contribution in [0.5, 0.6) is 0 Å². The summed E-state index contributed by atoms with van der Waals surface area (Å²) >= 11 is 0. The van der Waals surface area contributed by atoms with E-state index in [-0.39, 0.29) is 23.8 Å². The lowest BCUT2D eigenvalue weighted by Crippen LogP contribution is -2.58. The van der Waals surface area contributed by atoms with E-state index < -0.39 is 0 Å². The Labute approximate surface area is 148 Å². The van der Waals surface area contributed by atoms with Crippen molar-refractivity contribution < 1.29 is 9.59 Å². The molecule has 0 radical (unpaired) electrons. The molecule has 0 spiro atoms. The standard InChI is InChI=1S/C20H25N3O2/c1-5-19(24)23-12-11-22(13-18(23)14(2)3)20(25)16-7-6-8-17-15(16)9-10-21(17)4/h5-10,14,18H,1,11-13H2,2-4H3/t18-/m1/s1. The van der Waals surface area contributed by atoms with Crippen LogP contribution in [0.25, 0.3) is 10.9 Å². The number of hydrogen-bond donors (Lipinski definition) is 0. The lowest BCUT2D eigenvalue weighted by atomic mass is 9.98. The molecule has 0 saturated carbocycles. The minimum absolute atomic E-state index is 0.0122. The number of aryl methyl sites for hydroxylation is 1. The van der Waals surface area contributed by atoms with Gasteiger partial charge in [-0.2, -0.15) is 0 Å². The first kappa shape index (κ1) is 17.3. The second kappa shape index (κ2) is 6.75. The molecule has 0 N–H and O–H groups in total. The largest absolute Gasteiger partial charge is 0.351 e. The summed E-state index contributed by atoms with van der Waals surface area (Å²) in [5, 5.41) is 0.973. The lowest BCUT2D eigenvalue weighted by molar-refractivity contribution is -0.131. The van der Waals surface area contributed by atoms with E-state index in [9.17, 15) is 9.59 Å². The molecule has 0 bridgehead atoms. The maximum Gasteiger partial charge on any atom is 0.254 e. The molecular formula is C20H25N3O2. The lowest BCUT2D eigenvalue weighted by Gasteiger charge is -2.43. The summed E-state index contributed by atoms with van der Waals surface area (Å²) in [5.74, 6) is 0.246. The molecular weight excluding hydrogens is 314 g/mol. The summed E-state index contributed by atoms with van der Waals surface area (Å²) in [6.07, 6.45) is 3.33. The average Bonchev–Trinajstić information content (AvgIpc) is 3.01. The molecule has 0 aliphatic carbocycles. The Hall–Kier alpha value is -2.56. The average molecular weight is 339 g/mol. The molecule has 5 nitrogen and oxygen atoms in total. The van der Waals surface area contributed by atoms with E-state index in [1.807, 2.05) is 51.9 Å². The van der Waals surface area contributed by atoms with E-state index in [0.29, 0.717) is 19.6 Å². The second-order valence-electron chi connectivity index (χ2n) is 6.96. The highest BCUT2D eigenvalue weighted by Crippen LogP contribution is 2.24. The second-order valence-corrected chi connectivity index (χ2v) is 6.96. The molecule has 5 heteroatoms. The van der Waals surface area contributed by atoms with Crippen molar-refractivity contribution in [3.05, 3.63) is 48.7 Å². The maximum absolute atomic E-state index is 13.1. The molecule has 2 amide bonds. The van der Waals surface area contributed by atoms with Crippen molar-refractivity contribution in [2.75, 3.05) is 19.6 Å². The highest BCUT2D eigenvalue weighted by molar-refractivity contribution is 6.06. The Kier molecular flexibility index (Phi) is 4.66. The van der Waals surface area contributed by atoms with Crippen LogP contribution in [0.15, 0.2) is 43.1 Å². The molecule has 1 fully saturated rings. The van der Waals surface area contributed by atoms with Crippen LogP contribution in [0.3, 0.4) is 0 Å². The third kappa shape index (κ3) is 3.06. The number of carbonyl (C=O) groups excluding carboxylic acids is 2. The quantitative estimate of drug-likeness (QED) is 0.807. The Balaban J connectivity index is 1.88. The number of carbonyl (C=O) groups is 2. The van der Waals surface area contributed by atoms with E-state index in [1.54, 1.807) is 0 Å². The van der Waals surface area contributed by atoms with Crippen molar-refractivity contribution in [1.82, 2.24) is 14.4 Å². The Morgan fingerprint density at radius 1 is 1.24 bits per heavy atom. The Morgan fingerprint density at radius 3 is 2.68 bits per heavy atom. The summed E-state index contributed by atoms with van der Waals surface area (Å²) in [6.45, 7) is 9.41. The zero-order valence-corrected chi connectivity index (χ0v) is 15.1. The fourth-order valence-corrected chi connectivity index (χ4v) is 3.62. The van der Waals surface area contributed by atoms with Crippen molar-refractivity contribution in [1.29, 1.82) is 0 Å². The van der Waals surface area contributed by atoms with Crippen LogP contribution < -0.4 is 0 Å². The van der Waals surface area contributed by atoms with Crippen molar-refractivity contribution in [3.63, 3.8) is 0 Å². The van der Waals surface area contributed by atoms with Gasteiger partial charge < -0.3 is 14.4 Å². The predicted molar refractivity (Wildman–Crippen MR) is 99.4 cm³/mol. The number of aromatic nitrogens is 1. The van der Waals surface area contributed by atoms with Gasteiger partial charge in [0.2, 0.25) is 5.91 Å². The van der Waals surface area contributed by atoms with Gasteiger partial charge in [-0.05, 0) is 30.2 Å². The van der Waals surface area contributed by atoms with Gasteiger partial charge in [-0.15, -0.1) is 0 Å². The van der Waals surface area contributed by atoms with Crippen LogP contribution in [-0.4, -0.2) is 51.9 Å². The minimum atomic E-state index is -0.0593. The van der Waals surface area contributed by atoms with E-state index in [0.717, 1.165) is 16.5 Å². The normalized spacial score (nSPS) is 18.0. The molecule has 132 valence electrons. The highest BCUT2D eigenvalue weighted by atomic mass is 16.2. The summed E-state index contributed by atoms with van der Waals surface area (Å²) in [4.78, 5) is 28.9. The van der Waals surface area contributed by atoms with Crippen LogP contribution in [0, 0.1) is 5.92 Å². The summed E-state index contributed by atoms with van der Waals surface area (Å²) in [5.41, 5.74) is 1.77. The number of piperazine rings is 1. The fraction of sp³-hybridized carbons (Fsp3) is 0.400. The Bertz CT molecular complexity index is 821. The molecule has 25 heavy (non-hydrogen) atoms. The van der Waals surface area contributed by atoms with Crippen LogP contribution in [0.2, 0.25) is 0 Å². The first-order chi connectivity index (χ1) is 11.9. The van der Waals surface area contributed by atoms with Gasteiger partial charge in [-0.3, -0.25) is 9.59 Å². The van der Waals surface area contributed by atoms with Crippen molar-refractivity contribution in [2.24, 2.45) is 13.0 Å². The van der Waals surface area contributed by atoms with Crippen molar-refractivity contribution in [2.45, 2.75) is 19.9 Å². The van der Waals surface area contributed by atoms with Crippen LogP contribution in [-0.2, 0) is 11.8 Å². The SMILES string of the molecule is C=CC(=O)N1CCN(C(=O)c2cccc3c2ccn3C)C[C@@H]1C(C)C. The zero-order chi connectivity index (χ0) is 18.1. The number of hydrogen-bond acceptors (Lipinski definition) is 2. The molecule has 1 aromatic heterocycles. The monoisotopic (exact) mass is 339 g/mol. The number of benzene rings is 1. The number of amides is 2. The molecule has 1 aromatic carbocycles. The fourth-order valence-electron chi connectivity index (χ4n) is 3.62. The maximum atomic E-state index is 13.1. The number of fused-ring (bicyclic) bond motifs is 1. The summed E-state index contributed by atoms with van der Waals surface area (Å²) < 4.78 is 2.02. The van der Waals surface area contributed by atoms with Gasteiger partial charge in [0.25, 0.3) is 5.91 Å². The smallest absolute Gasteiger partial charge is 0.254 e. The van der Waals surface area contributed by atoms with Gasteiger partial charge in [-0.1, -0.05) is 26.5 Å². The summed E-state index contributed by atoms with van der Waals surface area (Å²) in [6, 6.07) is 7.82. The van der Waals surface area contributed by atoms with E-state index in [2.05, 4.69) is 20.4 Å². The molecule has 1 saturated heterocycles. The van der Waals surface area contributed by atoms with Crippen LogP contribution in [0.4, 0.5) is 0 Å². The van der Waals surface area contributed by atoms with Gasteiger partial charge in [0.05, 0.1) is 6.04 Å². The van der Waals surface area contributed by atoms with Gasteiger partial charge in [0.1, 0.15) is 0 Å². The van der Waals surface area contributed by atoms with Crippen molar-refractivity contribution >= 4 is 22.7 Å². The first-order valence-corrected chi connectivity index (χ1v) is 8.70.